The predicted molar refractivity (Wildman–Crippen MR) is 48.7 cm³/mol. The minimum Gasteiger partial charge on any atom is -0.507 e. The molecule has 1 amide bonds. The summed E-state index contributed by atoms with van der Waals surface area (Å²) in [7, 11) is 0. The Morgan fingerprint density at radius 1 is 1.46 bits per heavy atom. The van der Waals surface area contributed by atoms with Crippen LogP contribution in [0.25, 0.3) is 0 Å². The molecule has 0 unspecified atom stereocenters. The van der Waals surface area contributed by atoms with E-state index in [4.69, 9.17) is 11.1 Å². The normalized spacial score (nSPS) is 9.54. The molecule has 4 nitrogen and oxygen atoms in total. The van der Waals surface area contributed by atoms with E-state index in [1.54, 1.807) is 18.2 Å². The third-order valence-corrected chi connectivity index (χ3v) is 1.58. The summed E-state index contributed by atoms with van der Waals surface area (Å²) in [5.74, 6) is -0.581. The number of phenols is 1. The Bertz CT molecular complexity index is 347. The van der Waals surface area contributed by atoms with Crippen LogP contribution in [0.15, 0.2) is 24.3 Å². The lowest BCUT2D eigenvalue weighted by Gasteiger charge is -2.03. The Hall–Kier alpha value is -1.84. The van der Waals surface area contributed by atoms with Crippen molar-refractivity contribution in [1.82, 2.24) is 0 Å². The number of para-hydroxylation sites is 1. The number of hydrogen-bond donors (Lipinski definition) is 3. The predicted octanol–water partition coefficient (Wildman–Crippen LogP) is 0.635. The molecule has 0 fully saturated rings. The first-order valence-electron chi connectivity index (χ1n) is 3.75. The number of amides is 1. The van der Waals surface area contributed by atoms with E-state index in [1.807, 2.05) is 0 Å². The van der Waals surface area contributed by atoms with E-state index >= 15 is 0 Å². The molecular weight excluding hydrogens is 168 g/mol. The summed E-state index contributed by atoms with van der Waals surface area (Å²) in [5.41, 5.74) is 5.30. The Morgan fingerprint density at radius 3 is 2.62 bits per heavy atom. The van der Waals surface area contributed by atoms with Crippen molar-refractivity contribution in [2.24, 2.45) is 5.73 Å². The molecule has 0 bridgehead atoms. The van der Waals surface area contributed by atoms with E-state index in [1.165, 1.54) is 6.07 Å². The Balaban J connectivity index is 2.89. The number of benzene rings is 1. The highest BCUT2D eigenvalue weighted by Gasteiger charge is 2.08. The molecule has 0 aliphatic carbocycles. The molecule has 1 aromatic carbocycles. The van der Waals surface area contributed by atoms with Crippen LogP contribution in [0.1, 0.15) is 12.0 Å². The number of carbonyl (C=O) groups excluding carboxylic acids is 1. The van der Waals surface area contributed by atoms with E-state index < -0.39 is 5.91 Å². The van der Waals surface area contributed by atoms with Crippen molar-refractivity contribution in [3.63, 3.8) is 0 Å². The van der Waals surface area contributed by atoms with Gasteiger partial charge in [0.05, 0.1) is 12.1 Å². The van der Waals surface area contributed by atoms with Crippen molar-refractivity contribution < 1.29 is 9.90 Å². The van der Waals surface area contributed by atoms with E-state index in [0.29, 0.717) is 5.56 Å². The molecule has 0 aromatic heterocycles. The lowest BCUT2D eigenvalue weighted by molar-refractivity contribution is -0.116. The van der Waals surface area contributed by atoms with Gasteiger partial charge < -0.3 is 16.2 Å². The van der Waals surface area contributed by atoms with Crippen molar-refractivity contribution in [3.8, 4) is 5.75 Å². The average Bonchev–Trinajstić information content (AvgIpc) is 2.03. The molecule has 13 heavy (non-hydrogen) atoms. The van der Waals surface area contributed by atoms with E-state index in [-0.39, 0.29) is 17.9 Å². The zero-order valence-corrected chi connectivity index (χ0v) is 6.95. The van der Waals surface area contributed by atoms with Crippen molar-refractivity contribution in [3.05, 3.63) is 29.8 Å². The third-order valence-electron chi connectivity index (χ3n) is 1.58. The minimum absolute atomic E-state index is 0.00579. The van der Waals surface area contributed by atoms with Crippen LogP contribution in [0.3, 0.4) is 0 Å². The number of phenolic OH excluding ortho intramolecular Hbond substituents is 1. The Labute approximate surface area is 75.5 Å². The van der Waals surface area contributed by atoms with Crippen molar-refractivity contribution in [1.29, 1.82) is 5.41 Å². The van der Waals surface area contributed by atoms with Crippen LogP contribution in [-0.2, 0) is 4.79 Å². The van der Waals surface area contributed by atoms with Gasteiger partial charge in [0.25, 0.3) is 0 Å². The number of rotatable bonds is 3. The van der Waals surface area contributed by atoms with Gasteiger partial charge in [-0.15, -0.1) is 0 Å². The SMILES string of the molecule is N=C(CC(N)=O)c1ccccc1O. The molecule has 4 heteroatoms. The zero-order valence-electron chi connectivity index (χ0n) is 6.95. The first kappa shape index (κ1) is 9.25. The van der Waals surface area contributed by atoms with Crippen LogP contribution in [0.4, 0.5) is 0 Å². The minimum atomic E-state index is -0.576. The molecule has 0 saturated heterocycles. The maximum absolute atomic E-state index is 10.5. The molecular formula is C9H10N2O2. The van der Waals surface area contributed by atoms with Gasteiger partial charge in [-0.05, 0) is 12.1 Å². The highest BCUT2D eigenvalue weighted by atomic mass is 16.3. The van der Waals surface area contributed by atoms with Gasteiger partial charge in [-0.2, -0.15) is 0 Å². The Morgan fingerprint density at radius 2 is 2.08 bits per heavy atom. The van der Waals surface area contributed by atoms with Gasteiger partial charge >= 0.3 is 0 Å². The summed E-state index contributed by atoms with van der Waals surface area (Å²) < 4.78 is 0. The quantitative estimate of drug-likeness (QED) is 0.593. The van der Waals surface area contributed by atoms with Gasteiger partial charge in [0.1, 0.15) is 5.75 Å². The van der Waals surface area contributed by atoms with Crippen LogP contribution in [0.2, 0.25) is 0 Å². The maximum atomic E-state index is 10.5. The molecule has 0 saturated carbocycles. The highest BCUT2D eigenvalue weighted by Crippen LogP contribution is 2.16. The topological polar surface area (TPSA) is 87.2 Å². The summed E-state index contributed by atoms with van der Waals surface area (Å²) in [6.45, 7) is 0. The van der Waals surface area contributed by atoms with Gasteiger partial charge in [0, 0.05) is 5.56 Å². The number of aromatic hydroxyl groups is 1. The molecule has 0 heterocycles. The monoisotopic (exact) mass is 178 g/mol. The third kappa shape index (κ3) is 2.30. The second-order valence-electron chi connectivity index (χ2n) is 2.64. The van der Waals surface area contributed by atoms with E-state index in [2.05, 4.69) is 0 Å². The second kappa shape index (κ2) is 3.71. The average molecular weight is 178 g/mol. The summed E-state index contributed by atoms with van der Waals surface area (Å²) >= 11 is 0. The molecule has 4 N–H and O–H groups in total. The fourth-order valence-corrected chi connectivity index (χ4v) is 0.998. The molecule has 1 rings (SSSR count). The molecule has 0 atom stereocenters. The molecule has 68 valence electrons. The fourth-order valence-electron chi connectivity index (χ4n) is 0.998. The van der Waals surface area contributed by atoms with Crippen molar-refractivity contribution >= 4 is 11.6 Å². The van der Waals surface area contributed by atoms with Gasteiger partial charge in [-0.3, -0.25) is 4.79 Å². The standard InChI is InChI=1S/C9H10N2O2/c10-7(5-9(11)13)6-3-1-2-4-8(6)12/h1-4,10,12H,5H2,(H2,11,13). The van der Waals surface area contributed by atoms with Gasteiger partial charge in [0.2, 0.25) is 5.91 Å². The highest BCUT2D eigenvalue weighted by molar-refractivity contribution is 6.09. The summed E-state index contributed by atoms with van der Waals surface area (Å²) in [6.07, 6.45) is -0.155. The van der Waals surface area contributed by atoms with Crippen LogP contribution >= 0.6 is 0 Å². The molecule has 0 aliphatic heterocycles. The van der Waals surface area contributed by atoms with Crippen LogP contribution in [-0.4, -0.2) is 16.7 Å². The number of primary amides is 1. The van der Waals surface area contributed by atoms with Gasteiger partial charge in [-0.1, -0.05) is 12.1 Å². The van der Waals surface area contributed by atoms with Crippen molar-refractivity contribution in [2.45, 2.75) is 6.42 Å². The lowest BCUT2D eigenvalue weighted by atomic mass is 10.1. The molecule has 0 radical (unpaired) electrons. The number of nitrogens with two attached hydrogens (primary N) is 1. The number of hydrogen-bond acceptors (Lipinski definition) is 3. The number of carbonyl (C=O) groups is 1. The summed E-state index contributed by atoms with van der Waals surface area (Å²) in [6, 6.07) is 6.37. The zero-order chi connectivity index (χ0) is 9.84. The molecule has 1 aromatic rings. The van der Waals surface area contributed by atoms with Gasteiger partial charge in [-0.25, -0.2) is 0 Å². The maximum Gasteiger partial charge on any atom is 0.223 e. The van der Waals surface area contributed by atoms with Crippen LogP contribution in [0.5, 0.6) is 5.75 Å². The molecule has 0 spiro atoms. The van der Waals surface area contributed by atoms with Crippen molar-refractivity contribution in [2.75, 3.05) is 0 Å². The van der Waals surface area contributed by atoms with Crippen LogP contribution in [0, 0.1) is 5.41 Å². The first-order valence-corrected chi connectivity index (χ1v) is 3.75. The fraction of sp³-hybridized carbons (Fsp3) is 0.111. The summed E-state index contributed by atoms with van der Waals surface area (Å²) in [4.78, 5) is 10.5. The first-order chi connectivity index (χ1) is 6.11. The summed E-state index contributed by atoms with van der Waals surface area (Å²) in [5, 5.41) is 16.7. The van der Waals surface area contributed by atoms with E-state index in [0.717, 1.165) is 0 Å². The van der Waals surface area contributed by atoms with Gasteiger partial charge in [0.15, 0.2) is 0 Å². The lowest BCUT2D eigenvalue weighted by Crippen LogP contribution is -2.16. The Kier molecular flexibility index (Phi) is 2.64. The van der Waals surface area contributed by atoms with Crippen LogP contribution < -0.4 is 5.73 Å². The smallest absolute Gasteiger partial charge is 0.223 e. The van der Waals surface area contributed by atoms with E-state index in [9.17, 15) is 9.90 Å². The largest absolute Gasteiger partial charge is 0.507 e. The second-order valence-corrected chi connectivity index (χ2v) is 2.64. The number of nitrogens with one attached hydrogen (secondary N) is 1. The molecule has 0 aliphatic rings.